The van der Waals surface area contributed by atoms with Crippen LogP contribution in [0.25, 0.3) is 0 Å². The molecular weight excluding hydrogens is 272 g/mol. The fraction of sp³-hybridized carbons (Fsp3) is 1.00. The van der Waals surface area contributed by atoms with E-state index in [1.165, 1.54) is 82.4 Å². The topological polar surface area (TPSA) is 0 Å². The first-order chi connectivity index (χ1) is 8.35. The minimum absolute atomic E-state index is 0.943. The standard InChI is InChI=1S/C16H33Br/c1-3-5-7-9-10-12-14-16(15-17)13-11-8-6-4-2/h16H,3-15H2,1-2H3/t16-/m0/s1. The molecule has 0 N–H and O–H groups in total. The Kier molecular flexibility index (Phi) is 15.0. The van der Waals surface area contributed by atoms with Crippen LogP contribution < -0.4 is 0 Å². The third-order valence-corrected chi connectivity index (χ3v) is 4.57. The van der Waals surface area contributed by atoms with Crippen molar-refractivity contribution in [3.63, 3.8) is 0 Å². The van der Waals surface area contributed by atoms with E-state index in [9.17, 15) is 0 Å². The van der Waals surface area contributed by atoms with Gasteiger partial charge in [-0.05, 0) is 18.8 Å². The molecule has 0 aliphatic carbocycles. The summed E-state index contributed by atoms with van der Waals surface area (Å²) in [5, 5.41) is 1.22. The Balaban J connectivity index is 3.28. The van der Waals surface area contributed by atoms with E-state index in [0.29, 0.717) is 0 Å². The zero-order chi connectivity index (χ0) is 12.8. The van der Waals surface area contributed by atoms with Crippen LogP contribution in [0.4, 0.5) is 0 Å². The van der Waals surface area contributed by atoms with Gasteiger partial charge in [0.1, 0.15) is 0 Å². The van der Waals surface area contributed by atoms with Crippen molar-refractivity contribution in [3.8, 4) is 0 Å². The Labute approximate surface area is 118 Å². The van der Waals surface area contributed by atoms with Crippen molar-refractivity contribution >= 4 is 15.9 Å². The van der Waals surface area contributed by atoms with Gasteiger partial charge < -0.3 is 0 Å². The average Bonchev–Trinajstić information content (AvgIpc) is 2.36. The maximum Gasteiger partial charge on any atom is 0.00596 e. The highest BCUT2D eigenvalue weighted by molar-refractivity contribution is 9.09. The van der Waals surface area contributed by atoms with E-state index in [1.807, 2.05) is 0 Å². The van der Waals surface area contributed by atoms with Gasteiger partial charge in [0.05, 0.1) is 0 Å². The van der Waals surface area contributed by atoms with Crippen molar-refractivity contribution in [2.75, 3.05) is 5.33 Å². The summed E-state index contributed by atoms with van der Waals surface area (Å²) in [6, 6.07) is 0. The molecule has 0 nitrogen and oxygen atoms in total. The Morgan fingerprint density at radius 2 is 1.06 bits per heavy atom. The van der Waals surface area contributed by atoms with Crippen molar-refractivity contribution in [2.24, 2.45) is 5.92 Å². The van der Waals surface area contributed by atoms with Gasteiger partial charge in [-0.25, -0.2) is 0 Å². The van der Waals surface area contributed by atoms with Crippen LogP contribution in [0.1, 0.15) is 90.9 Å². The molecule has 0 aromatic heterocycles. The number of rotatable bonds is 13. The third kappa shape index (κ3) is 12.7. The van der Waals surface area contributed by atoms with E-state index < -0.39 is 0 Å². The first-order valence-corrected chi connectivity index (χ1v) is 9.03. The summed E-state index contributed by atoms with van der Waals surface area (Å²) in [6.07, 6.45) is 17.2. The molecule has 0 spiro atoms. The number of alkyl halides is 1. The molecule has 0 rings (SSSR count). The molecule has 0 radical (unpaired) electrons. The van der Waals surface area contributed by atoms with Crippen molar-refractivity contribution < 1.29 is 0 Å². The van der Waals surface area contributed by atoms with Gasteiger partial charge in [0.2, 0.25) is 0 Å². The molecule has 0 bridgehead atoms. The van der Waals surface area contributed by atoms with Gasteiger partial charge in [-0.2, -0.15) is 0 Å². The van der Waals surface area contributed by atoms with Crippen LogP contribution >= 0.6 is 15.9 Å². The lowest BCUT2D eigenvalue weighted by Crippen LogP contribution is -2.02. The van der Waals surface area contributed by atoms with Crippen LogP contribution in [0.3, 0.4) is 0 Å². The summed E-state index contributed by atoms with van der Waals surface area (Å²) in [5.74, 6) is 0.943. The molecule has 0 saturated carbocycles. The van der Waals surface area contributed by atoms with Crippen molar-refractivity contribution in [1.82, 2.24) is 0 Å². The van der Waals surface area contributed by atoms with Gasteiger partial charge in [-0.15, -0.1) is 0 Å². The molecular formula is C16H33Br. The first-order valence-electron chi connectivity index (χ1n) is 7.91. The largest absolute Gasteiger partial charge is 0.0925 e. The predicted octanol–water partition coefficient (Wildman–Crippen LogP) is 6.72. The zero-order valence-corrected chi connectivity index (χ0v) is 13.7. The van der Waals surface area contributed by atoms with Gasteiger partial charge in [0.15, 0.2) is 0 Å². The molecule has 0 fully saturated rings. The van der Waals surface area contributed by atoms with Gasteiger partial charge in [0, 0.05) is 5.33 Å². The highest BCUT2D eigenvalue weighted by Gasteiger charge is 2.06. The number of halogens is 1. The van der Waals surface area contributed by atoms with E-state index in [4.69, 9.17) is 0 Å². The SMILES string of the molecule is CCCCCCCC[C@@H](CBr)CCCCCC. The quantitative estimate of drug-likeness (QED) is 0.262. The van der Waals surface area contributed by atoms with Crippen LogP contribution in [0.2, 0.25) is 0 Å². The maximum atomic E-state index is 3.68. The summed E-state index contributed by atoms with van der Waals surface area (Å²) in [5.41, 5.74) is 0. The highest BCUT2D eigenvalue weighted by Crippen LogP contribution is 2.20. The van der Waals surface area contributed by atoms with E-state index in [1.54, 1.807) is 0 Å². The molecule has 0 heterocycles. The van der Waals surface area contributed by atoms with Crippen LogP contribution in [-0.4, -0.2) is 5.33 Å². The maximum absolute atomic E-state index is 3.68. The van der Waals surface area contributed by atoms with Gasteiger partial charge >= 0.3 is 0 Å². The van der Waals surface area contributed by atoms with Gasteiger partial charge in [0.25, 0.3) is 0 Å². The zero-order valence-electron chi connectivity index (χ0n) is 12.1. The van der Waals surface area contributed by atoms with Crippen LogP contribution in [0, 0.1) is 5.92 Å². The lowest BCUT2D eigenvalue weighted by molar-refractivity contribution is 0.442. The summed E-state index contributed by atoms with van der Waals surface area (Å²) in [7, 11) is 0. The number of hydrogen-bond acceptors (Lipinski definition) is 0. The average molecular weight is 305 g/mol. The van der Waals surface area contributed by atoms with Crippen LogP contribution in [0.15, 0.2) is 0 Å². The second-order valence-corrected chi connectivity index (χ2v) is 6.07. The molecule has 0 aromatic rings. The molecule has 0 aromatic carbocycles. The second-order valence-electron chi connectivity index (χ2n) is 5.43. The highest BCUT2D eigenvalue weighted by atomic mass is 79.9. The lowest BCUT2D eigenvalue weighted by Gasteiger charge is -2.13. The van der Waals surface area contributed by atoms with Crippen LogP contribution in [0.5, 0.6) is 0 Å². The molecule has 0 unspecified atom stereocenters. The lowest BCUT2D eigenvalue weighted by atomic mass is 9.96. The van der Waals surface area contributed by atoms with E-state index in [0.717, 1.165) is 5.92 Å². The minimum Gasteiger partial charge on any atom is -0.0925 e. The summed E-state index contributed by atoms with van der Waals surface area (Å²) >= 11 is 3.68. The smallest absolute Gasteiger partial charge is 0.00596 e. The van der Waals surface area contributed by atoms with Gasteiger partial charge in [-0.1, -0.05) is 94.0 Å². The van der Waals surface area contributed by atoms with Crippen molar-refractivity contribution in [1.29, 1.82) is 0 Å². The second kappa shape index (κ2) is 14.5. The van der Waals surface area contributed by atoms with E-state index in [-0.39, 0.29) is 0 Å². The summed E-state index contributed by atoms with van der Waals surface area (Å²) in [4.78, 5) is 0. The molecule has 0 aliphatic rings. The minimum atomic E-state index is 0.943. The van der Waals surface area contributed by atoms with Gasteiger partial charge in [-0.3, -0.25) is 0 Å². The van der Waals surface area contributed by atoms with E-state index in [2.05, 4.69) is 29.8 Å². The molecule has 17 heavy (non-hydrogen) atoms. The molecule has 0 saturated heterocycles. The van der Waals surface area contributed by atoms with Crippen molar-refractivity contribution in [2.45, 2.75) is 90.9 Å². The normalized spacial score (nSPS) is 12.9. The summed E-state index contributed by atoms with van der Waals surface area (Å²) in [6.45, 7) is 4.58. The Hall–Kier alpha value is 0.480. The first kappa shape index (κ1) is 17.5. The molecule has 1 atom stereocenters. The Bertz CT molecular complexity index is 133. The van der Waals surface area contributed by atoms with E-state index >= 15 is 0 Å². The monoisotopic (exact) mass is 304 g/mol. The fourth-order valence-corrected chi connectivity index (χ4v) is 3.02. The van der Waals surface area contributed by atoms with Crippen molar-refractivity contribution in [3.05, 3.63) is 0 Å². The molecule has 104 valence electrons. The number of unbranched alkanes of at least 4 members (excludes halogenated alkanes) is 8. The summed E-state index contributed by atoms with van der Waals surface area (Å²) < 4.78 is 0. The van der Waals surface area contributed by atoms with Crippen LogP contribution in [-0.2, 0) is 0 Å². The Morgan fingerprint density at radius 3 is 1.53 bits per heavy atom. The molecule has 1 heteroatoms. The number of hydrogen-bond donors (Lipinski definition) is 0. The Morgan fingerprint density at radius 1 is 0.647 bits per heavy atom. The molecule has 0 amide bonds. The fourth-order valence-electron chi connectivity index (χ4n) is 2.37. The molecule has 0 aliphatic heterocycles. The predicted molar refractivity (Wildman–Crippen MR) is 84.0 cm³/mol. The third-order valence-electron chi connectivity index (χ3n) is 3.65.